The number of thiol groups is 1. The van der Waals surface area contributed by atoms with Crippen LogP contribution in [-0.4, -0.2) is 57.7 Å². The molecule has 0 saturated carbocycles. The van der Waals surface area contributed by atoms with Gasteiger partial charge in [0.25, 0.3) is 0 Å². The zero-order chi connectivity index (χ0) is 17.8. The second kappa shape index (κ2) is 21.9. The van der Waals surface area contributed by atoms with E-state index in [0.29, 0.717) is 13.2 Å². The first kappa shape index (κ1) is 25.5. The predicted molar refractivity (Wildman–Crippen MR) is 93.4 cm³/mol. The van der Waals surface area contributed by atoms with Crippen LogP contribution in [0.15, 0.2) is 14.5 Å². The number of hydrogen-bond donors (Lipinski definition) is 3. The van der Waals surface area contributed by atoms with Gasteiger partial charge >= 0.3 is 36.7 Å². The molecule has 0 heterocycles. The summed E-state index contributed by atoms with van der Waals surface area (Å²) in [5, 5.41) is 6.99. The van der Waals surface area contributed by atoms with Crippen molar-refractivity contribution < 1.29 is 19.1 Å². The summed E-state index contributed by atoms with van der Waals surface area (Å²) in [6.07, 6.45) is 1.09. The first-order valence-corrected chi connectivity index (χ1v) is 7.12. The van der Waals surface area contributed by atoms with Gasteiger partial charge in [0.1, 0.15) is 6.21 Å². The molecule has 0 atom stereocenters. The second-order valence-electron chi connectivity index (χ2n) is 2.70. The first-order valence-electron chi connectivity index (χ1n) is 5.92. The first-order chi connectivity index (χ1) is 10.4. The van der Waals surface area contributed by atoms with Crippen molar-refractivity contribution >= 4 is 59.2 Å². The molecule has 0 bridgehead atoms. The van der Waals surface area contributed by atoms with E-state index in [-0.39, 0.29) is 4.62 Å². The van der Waals surface area contributed by atoms with Crippen LogP contribution in [0, 0.1) is 0 Å². The third kappa shape index (κ3) is 23.7. The monoisotopic (exact) mass is 396 g/mol. The van der Waals surface area contributed by atoms with Crippen molar-refractivity contribution in [2.24, 2.45) is 14.5 Å². The van der Waals surface area contributed by atoms with Gasteiger partial charge in [0.05, 0.1) is 13.2 Å². The fraction of sp³-hybridized carbons (Fsp3) is 0.600. The number of carbonyl (C=O) groups is 2. The molecule has 0 spiro atoms. The van der Waals surface area contributed by atoms with Crippen molar-refractivity contribution in [2.45, 2.75) is 13.8 Å². The van der Waals surface area contributed by atoms with Crippen LogP contribution >= 0.6 is 28.7 Å². The predicted octanol–water partition coefficient (Wildman–Crippen LogP) is 0.415. The van der Waals surface area contributed by atoms with E-state index in [0.717, 1.165) is 6.21 Å². The van der Waals surface area contributed by atoms with E-state index in [9.17, 15) is 9.59 Å². The van der Waals surface area contributed by atoms with Gasteiger partial charge in [0.2, 0.25) is 4.62 Å². The Hall–Kier alpha value is -1.43. The molecule has 0 rings (SSSR count). The molecule has 0 aliphatic rings. The van der Waals surface area contributed by atoms with Gasteiger partial charge in [-0.05, 0) is 29.8 Å². The van der Waals surface area contributed by atoms with Crippen LogP contribution < -0.4 is 10.9 Å². The Bertz CT molecular complexity index is 371. The summed E-state index contributed by atoms with van der Waals surface area (Å²) in [6.45, 7) is 4.21. The standard InChI is InChI=1S/C5H9BrN2O2.C5H10N2O2.BHNS/c1-3-10-5(9)4(6)8-7-2;1-3-9-5(8)4-7-6-2;1-2-3/h7H,3H2,1-2H3;4,6H,3H2,1-2H3;3H/b8-4+;7-4-;. The Morgan fingerprint density at radius 3 is 2.09 bits per heavy atom. The van der Waals surface area contributed by atoms with Crippen LogP contribution in [0.1, 0.15) is 13.8 Å². The topological polar surface area (TPSA) is 114 Å². The van der Waals surface area contributed by atoms with E-state index in [1.807, 2.05) is 0 Å². The van der Waals surface area contributed by atoms with Crippen molar-refractivity contribution in [1.82, 2.24) is 10.9 Å². The fourth-order valence-electron chi connectivity index (χ4n) is 0.631. The van der Waals surface area contributed by atoms with Crippen LogP contribution in [-0.2, 0) is 19.1 Å². The number of carbonyl (C=O) groups excluding carboxylic acids is 2. The van der Waals surface area contributed by atoms with Gasteiger partial charge in [0, 0.05) is 14.1 Å². The molecule has 2 N–H and O–H groups in total. The molecule has 0 amide bonds. The molecule has 0 aliphatic heterocycles. The SMILES string of the molecule is CCOC(=O)/C(Br)=N\NC.CCOC(=O)/C=N\NC.[B]=NS. The molecule has 0 aromatic rings. The van der Waals surface area contributed by atoms with Crippen LogP contribution in [0.4, 0.5) is 0 Å². The molecule has 0 fully saturated rings. The molecule has 0 aromatic carbocycles. The molecule has 0 aliphatic carbocycles. The molecule has 9 nitrogen and oxygen atoms in total. The number of esters is 2. The van der Waals surface area contributed by atoms with Crippen LogP contribution in [0.2, 0.25) is 0 Å². The Kier molecular flexibility index (Phi) is 25.4. The van der Waals surface area contributed by atoms with E-state index in [2.05, 4.69) is 71.2 Å². The van der Waals surface area contributed by atoms with Crippen molar-refractivity contribution in [3.05, 3.63) is 0 Å². The molecule has 22 heavy (non-hydrogen) atoms. The summed E-state index contributed by atoms with van der Waals surface area (Å²) in [4.78, 5) is 21.1. The summed E-state index contributed by atoms with van der Waals surface area (Å²) in [5.74, 6) is -0.885. The van der Waals surface area contributed by atoms with Gasteiger partial charge in [-0.1, -0.05) is 0 Å². The zero-order valence-corrected chi connectivity index (χ0v) is 15.3. The number of ether oxygens (including phenoxy) is 2. The Labute approximate surface area is 145 Å². The van der Waals surface area contributed by atoms with Crippen molar-refractivity contribution in [1.29, 1.82) is 0 Å². The maximum atomic E-state index is 10.7. The Morgan fingerprint density at radius 2 is 1.73 bits per heavy atom. The molecule has 1 radical (unpaired) electrons. The van der Waals surface area contributed by atoms with Gasteiger partial charge in [-0.15, -0.1) is 0 Å². The van der Waals surface area contributed by atoms with Gasteiger partial charge in [0.15, 0.2) is 0 Å². The van der Waals surface area contributed by atoms with Crippen LogP contribution in [0.3, 0.4) is 0 Å². The van der Waals surface area contributed by atoms with Gasteiger partial charge < -0.3 is 20.3 Å². The van der Waals surface area contributed by atoms with Crippen molar-refractivity contribution in [3.8, 4) is 0 Å². The molecular weight excluding hydrogens is 377 g/mol. The van der Waals surface area contributed by atoms with Crippen LogP contribution in [0.5, 0.6) is 0 Å². The molecule has 125 valence electrons. The average molecular weight is 397 g/mol. The number of hydrazone groups is 2. The van der Waals surface area contributed by atoms with Crippen molar-refractivity contribution in [2.75, 3.05) is 27.3 Å². The third-order valence-electron chi connectivity index (χ3n) is 1.24. The molecule has 12 heteroatoms. The summed E-state index contributed by atoms with van der Waals surface area (Å²) in [6, 6.07) is 0. The summed E-state index contributed by atoms with van der Waals surface area (Å²) in [5.41, 5.74) is 4.87. The van der Waals surface area contributed by atoms with Gasteiger partial charge in [-0.2, -0.15) is 10.2 Å². The van der Waals surface area contributed by atoms with Crippen molar-refractivity contribution in [3.63, 3.8) is 0 Å². The van der Waals surface area contributed by atoms with Crippen LogP contribution in [0.25, 0.3) is 0 Å². The summed E-state index contributed by atoms with van der Waals surface area (Å²) >= 11 is 6.11. The van der Waals surface area contributed by atoms with E-state index in [4.69, 9.17) is 0 Å². The average Bonchev–Trinajstić information content (AvgIpc) is 2.47. The van der Waals surface area contributed by atoms with E-state index in [1.54, 1.807) is 27.9 Å². The quantitative estimate of drug-likeness (QED) is 0.197. The maximum absolute atomic E-state index is 10.7. The van der Waals surface area contributed by atoms with E-state index in [1.165, 1.54) is 0 Å². The minimum atomic E-state index is -0.461. The molecule has 0 aromatic heterocycles. The molecule has 0 unspecified atom stereocenters. The summed E-state index contributed by atoms with van der Waals surface area (Å²) < 4.78 is 12.0. The fourth-order valence-corrected chi connectivity index (χ4v) is 0.923. The van der Waals surface area contributed by atoms with Gasteiger partial charge in [-0.3, -0.25) is 0 Å². The number of hydrogen-bond acceptors (Lipinski definition) is 10. The number of nitrogens with one attached hydrogen (secondary N) is 2. The minimum absolute atomic E-state index is 0.150. The third-order valence-corrected chi connectivity index (χ3v) is 1.74. The number of halogens is 1. The molecular formula is C10H20BBrN5O4S. The number of rotatable bonds is 6. The Morgan fingerprint density at radius 1 is 1.23 bits per heavy atom. The van der Waals surface area contributed by atoms with E-state index >= 15 is 0 Å². The summed E-state index contributed by atoms with van der Waals surface area (Å²) in [7, 11) is 7.54. The second-order valence-corrected chi connectivity index (χ2v) is 3.68. The normalized spacial score (nSPS) is 9.41. The van der Waals surface area contributed by atoms with E-state index < -0.39 is 11.9 Å². The molecule has 0 saturated heterocycles. The zero-order valence-electron chi connectivity index (χ0n) is 12.9. The number of nitrogens with zero attached hydrogens (tertiary/aromatic N) is 3. The van der Waals surface area contributed by atoms with Gasteiger partial charge in [-0.25, -0.2) is 9.59 Å². The Balaban J connectivity index is -0.000000279.